The van der Waals surface area contributed by atoms with Crippen molar-refractivity contribution < 1.29 is 13.9 Å². The summed E-state index contributed by atoms with van der Waals surface area (Å²) in [6, 6.07) is 1.84. The maximum atomic E-state index is 11.3. The quantitative estimate of drug-likeness (QED) is 0.611. The molecule has 1 unspecified atom stereocenters. The van der Waals surface area contributed by atoms with E-state index < -0.39 is 0 Å². The van der Waals surface area contributed by atoms with Crippen molar-refractivity contribution in [3.63, 3.8) is 0 Å². The third-order valence-corrected chi connectivity index (χ3v) is 3.09. The zero-order valence-electron chi connectivity index (χ0n) is 9.56. The highest BCUT2D eigenvalue weighted by atomic mass is 32.2. The van der Waals surface area contributed by atoms with E-state index in [0.717, 1.165) is 12.2 Å². The molecule has 90 valence electrons. The number of rotatable bonds is 6. The van der Waals surface area contributed by atoms with Gasteiger partial charge in [0.05, 0.1) is 19.1 Å². The smallest absolute Gasteiger partial charge is 0.341 e. The number of hydrogen-bond acceptors (Lipinski definition) is 5. The van der Waals surface area contributed by atoms with E-state index in [9.17, 15) is 4.79 Å². The number of carbonyl (C=O) groups is 1. The fraction of sp³-hybridized carbons (Fsp3) is 0.545. The number of carbonyl (C=O) groups excluding carboxylic acids is 1. The molecule has 16 heavy (non-hydrogen) atoms. The molecule has 5 heteroatoms. The molecule has 1 heterocycles. The molecule has 0 saturated heterocycles. The number of methoxy groups -OCH3 is 1. The van der Waals surface area contributed by atoms with Crippen LogP contribution in [0.2, 0.25) is 0 Å². The van der Waals surface area contributed by atoms with Crippen molar-refractivity contribution in [2.24, 2.45) is 5.73 Å². The topological polar surface area (TPSA) is 65.5 Å². The van der Waals surface area contributed by atoms with Gasteiger partial charge in [0.2, 0.25) is 0 Å². The number of hydrogen-bond donors (Lipinski definition) is 1. The fourth-order valence-corrected chi connectivity index (χ4v) is 2.27. The fourth-order valence-electron chi connectivity index (χ4n) is 1.18. The van der Waals surface area contributed by atoms with E-state index in [0.29, 0.717) is 17.1 Å². The minimum Gasteiger partial charge on any atom is -0.468 e. The first-order valence-corrected chi connectivity index (χ1v) is 6.28. The maximum Gasteiger partial charge on any atom is 0.341 e. The van der Waals surface area contributed by atoms with Gasteiger partial charge in [-0.2, -0.15) is 11.8 Å². The molecular weight excluding hydrogens is 226 g/mol. The molecule has 4 nitrogen and oxygen atoms in total. The van der Waals surface area contributed by atoms with E-state index in [1.807, 2.05) is 6.92 Å². The number of ether oxygens (including phenoxy) is 1. The molecule has 0 amide bonds. The van der Waals surface area contributed by atoms with Gasteiger partial charge >= 0.3 is 5.97 Å². The van der Waals surface area contributed by atoms with E-state index in [1.165, 1.54) is 13.4 Å². The van der Waals surface area contributed by atoms with Gasteiger partial charge in [-0.25, -0.2) is 4.79 Å². The molecule has 0 aliphatic carbocycles. The Morgan fingerprint density at radius 3 is 3.06 bits per heavy atom. The van der Waals surface area contributed by atoms with Crippen molar-refractivity contribution >= 4 is 17.7 Å². The molecule has 0 aliphatic rings. The van der Waals surface area contributed by atoms with Gasteiger partial charge in [-0.15, -0.1) is 0 Å². The summed E-state index contributed by atoms with van der Waals surface area (Å²) in [5.41, 5.74) is 6.15. The Kier molecular flexibility index (Phi) is 5.42. The third kappa shape index (κ3) is 3.90. The molecule has 0 bridgehead atoms. The molecule has 1 aromatic heterocycles. The standard InChI is InChI=1S/C11H17NO3S/c1-8(12)4-6-16-7-10-9(3-5-15-10)11(13)14-2/h3,5,8H,4,6-7,12H2,1-2H3. The van der Waals surface area contributed by atoms with E-state index in [2.05, 4.69) is 4.74 Å². The van der Waals surface area contributed by atoms with Crippen LogP contribution in [-0.2, 0) is 10.5 Å². The Balaban J connectivity index is 2.42. The molecule has 0 aromatic carbocycles. The molecule has 2 N–H and O–H groups in total. The first-order valence-electron chi connectivity index (χ1n) is 5.13. The minimum atomic E-state index is -0.350. The van der Waals surface area contributed by atoms with Gasteiger partial charge in [0.1, 0.15) is 11.3 Å². The molecule has 0 fully saturated rings. The molecule has 0 radical (unpaired) electrons. The van der Waals surface area contributed by atoms with Crippen molar-refractivity contribution in [3.8, 4) is 0 Å². The van der Waals surface area contributed by atoms with Crippen LogP contribution in [0.5, 0.6) is 0 Å². The normalized spacial score (nSPS) is 12.4. The molecular formula is C11H17NO3S. The molecule has 1 atom stereocenters. The van der Waals surface area contributed by atoms with Gasteiger partial charge < -0.3 is 14.9 Å². The molecule has 1 rings (SSSR count). The van der Waals surface area contributed by atoms with Gasteiger partial charge in [-0.1, -0.05) is 0 Å². The second kappa shape index (κ2) is 6.60. The average molecular weight is 243 g/mol. The van der Waals surface area contributed by atoms with E-state index in [4.69, 9.17) is 10.2 Å². The minimum absolute atomic E-state index is 0.212. The summed E-state index contributed by atoms with van der Waals surface area (Å²) in [7, 11) is 1.36. The SMILES string of the molecule is COC(=O)c1ccoc1CSCCC(C)N. The number of esters is 1. The Morgan fingerprint density at radius 1 is 1.69 bits per heavy atom. The summed E-state index contributed by atoms with van der Waals surface area (Å²) in [5, 5.41) is 0. The number of furan rings is 1. The van der Waals surface area contributed by atoms with Crippen LogP contribution in [0, 0.1) is 0 Å². The lowest BCUT2D eigenvalue weighted by Gasteiger charge is -2.04. The van der Waals surface area contributed by atoms with Crippen LogP contribution in [0.25, 0.3) is 0 Å². The summed E-state index contributed by atoms with van der Waals surface area (Å²) in [6.07, 6.45) is 2.46. The maximum absolute atomic E-state index is 11.3. The van der Waals surface area contributed by atoms with Crippen LogP contribution < -0.4 is 5.73 Å². The van der Waals surface area contributed by atoms with Gasteiger partial charge in [0.25, 0.3) is 0 Å². The second-order valence-corrected chi connectivity index (χ2v) is 4.67. The van der Waals surface area contributed by atoms with Crippen LogP contribution in [0.15, 0.2) is 16.7 Å². The van der Waals surface area contributed by atoms with E-state index >= 15 is 0 Å². The van der Waals surface area contributed by atoms with Crippen molar-refractivity contribution in [2.75, 3.05) is 12.9 Å². The van der Waals surface area contributed by atoms with Crippen LogP contribution in [-0.4, -0.2) is 24.9 Å². The largest absolute Gasteiger partial charge is 0.468 e. The monoisotopic (exact) mass is 243 g/mol. The third-order valence-electron chi connectivity index (χ3n) is 2.10. The van der Waals surface area contributed by atoms with Gasteiger partial charge in [-0.05, 0) is 25.2 Å². The van der Waals surface area contributed by atoms with E-state index in [-0.39, 0.29) is 12.0 Å². The number of nitrogens with two attached hydrogens (primary N) is 1. The van der Waals surface area contributed by atoms with Gasteiger partial charge in [0.15, 0.2) is 0 Å². The number of thioether (sulfide) groups is 1. The lowest BCUT2D eigenvalue weighted by atomic mass is 10.3. The lowest BCUT2D eigenvalue weighted by molar-refractivity contribution is 0.0598. The Bertz CT molecular complexity index is 336. The highest BCUT2D eigenvalue weighted by Gasteiger charge is 2.14. The molecule has 0 aliphatic heterocycles. The second-order valence-electron chi connectivity index (χ2n) is 3.57. The Hall–Kier alpha value is -0.940. The molecule has 0 saturated carbocycles. The predicted octanol–water partition coefficient (Wildman–Crippen LogP) is 2.04. The van der Waals surface area contributed by atoms with Crippen molar-refractivity contribution in [3.05, 3.63) is 23.7 Å². The van der Waals surface area contributed by atoms with Crippen molar-refractivity contribution in [1.82, 2.24) is 0 Å². The Labute approximate surface area is 99.5 Å². The van der Waals surface area contributed by atoms with Crippen LogP contribution in [0.1, 0.15) is 29.5 Å². The van der Waals surface area contributed by atoms with E-state index in [1.54, 1.807) is 17.8 Å². The van der Waals surface area contributed by atoms with Crippen LogP contribution in [0.3, 0.4) is 0 Å². The van der Waals surface area contributed by atoms with Gasteiger partial charge in [0, 0.05) is 6.04 Å². The zero-order chi connectivity index (χ0) is 12.0. The Morgan fingerprint density at radius 2 is 2.44 bits per heavy atom. The van der Waals surface area contributed by atoms with Gasteiger partial charge in [-0.3, -0.25) is 0 Å². The highest BCUT2D eigenvalue weighted by Crippen LogP contribution is 2.19. The highest BCUT2D eigenvalue weighted by molar-refractivity contribution is 7.98. The summed E-state index contributed by atoms with van der Waals surface area (Å²) in [5.74, 6) is 1.95. The predicted molar refractivity (Wildman–Crippen MR) is 64.5 cm³/mol. The molecule has 1 aromatic rings. The summed E-state index contributed by atoms with van der Waals surface area (Å²) >= 11 is 1.70. The first-order chi connectivity index (χ1) is 7.65. The summed E-state index contributed by atoms with van der Waals surface area (Å²) in [4.78, 5) is 11.3. The molecule has 0 spiro atoms. The van der Waals surface area contributed by atoms with Crippen molar-refractivity contribution in [1.29, 1.82) is 0 Å². The lowest BCUT2D eigenvalue weighted by Crippen LogP contribution is -2.15. The first kappa shape index (κ1) is 13.1. The average Bonchev–Trinajstić information content (AvgIpc) is 2.71. The summed E-state index contributed by atoms with van der Waals surface area (Å²) < 4.78 is 9.89. The van der Waals surface area contributed by atoms with Crippen molar-refractivity contribution in [2.45, 2.75) is 25.1 Å². The zero-order valence-corrected chi connectivity index (χ0v) is 10.4. The van der Waals surface area contributed by atoms with Crippen LogP contribution in [0.4, 0.5) is 0 Å². The van der Waals surface area contributed by atoms with Crippen LogP contribution >= 0.6 is 11.8 Å². The summed E-state index contributed by atoms with van der Waals surface area (Å²) in [6.45, 7) is 1.98.